The first-order valence-corrected chi connectivity index (χ1v) is 13.5. The van der Waals surface area contributed by atoms with Gasteiger partial charge in [-0.15, -0.1) is 0 Å². The minimum Gasteiger partial charge on any atom is -0.481 e. The number of piperazine rings is 1. The summed E-state index contributed by atoms with van der Waals surface area (Å²) < 4.78 is 10.8. The molecule has 0 unspecified atom stereocenters. The Kier molecular flexibility index (Phi) is 7.39. The molecule has 0 atom stereocenters. The van der Waals surface area contributed by atoms with Gasteiger partial charge in [0.2, 0.25) is 11.8 Å². The topological polar surface area (TPSA) is 56.9 Å². The summed E-state index contributed by atoms with van der Waals surface area (Å²) in [6.45, 7) is 13.8. The van der Waals surface area contributed by atoms with E-state index in [1.807, 2.05) is 12.1 Å². The minimum atomic E-state index is 0.554. The van der Waals surface area contributed by atoms with Crippen LogP contribution in [0.2, 0.25) is 0 Å². The Bertz CT molecular complexity index is 1150. The van der Waals surface area contributed by atoms with Crippen LogP contribution in [0.15, 0.2) is 30.3 Å². The Balaban J connectivity index is 1.33. The third-order valence-electron chi connectivity index (χ3n) is 8.15. The average Bonchev–Trinajstić information content (AvgIpc) is 3.30. The SMILES string of the molecule is CCc1c(-c2cc(OC)nc(OC)c2)[nH]c2ccc(N3CCN(C4CCN(C(C)C)CC4)CC3)cc12. The molecule has 1 N–H and O–H groups in total. The van der Waals surface area contributed by atoms with Crippen LogP contribution in [-0.2, 0) is 6.42 Å². The van der Waals surface area contributed by atoms with Crippen molar-refractivity contribution in [1.29, 1.82) is 0 Å². The van der Waals surface area contributed by atoms with E-state index in [0.717, 1.165) is 55.4 Å². The second-order valence-electron chi connectivity index (χ2n) is 10.4. The Hall–Kier alpha value is -2.77. The molecule has 7 heteroatoms. The van der Waals surface area contributed by atoms with Gasteiger partial charge >= 0.3 is 0 Å². The predicted octanol–water partition coefficient (Wildman–Crippen LogP) is 4.80. The van der Waals surface area contributed by atoms with Crippen LogP contribution < -0.4 is 14.4 Å². The van der Waals surface area contributed by atoms with Gasteiger partial charge < -0.3 is 24.3 Å². The summed E-state index contributed by atoms with van der Waals surface area (Å²) >= 11 is 0. The van der Waals surface area contributed by atoms with Gasteiger partial charge in [-0.05, 0) is 70.0 Å². The Labute approximate surface area is 215 Å². The number of benzene rings is 1. The zero-order valence-corrected chi connectivity index (χ0v) is 22.5. The molecule has 0 amide bonds. The first kappa shape index (κ1) is 24.9. The van der Waals surface area contributed by atoms with E-state index in [4.69, 9.17) is 9.47 Å². The molecule has 3 aromatic rings. The summed E-state index contributed by atoms with van der Waals surface area (Å²) in [5.41, 5.74) is 5.95. The normalized spacial score (nSPS) is 18.3. The number of anilines is 1. The van der Waals surface area contributed by atoms with E-state index in [2.05, 4.69) is 63.6 Å². The molecule has 0 radical (unpaired) electrons. The molecule has 0 spiro atoms. The van der Waals surface area contributed by atoms with E-state index < -0.39 is 0 Å². The third-order valence-corrected chi connectivity index (χ3v) is 8.15. The Morgan fingerprint density at radius 1 is 0.944 bits per heavy atom. The molecule has 2 aliphatic heterocycles. The number of likely N-dealkylation sites (tertiary alicyclic amines) is 1. The number of nitrogens with zero attached hydrogens (tertiary/aromatic N) is 4. The van der Waals surface area contributed by atoms with Crippen LogP contribution in [0.5, 0.6) is 11.8 Å². The smallest absolute Gasteiger partial charge is 0.216 e. The van der Waals surface area contributed by atoms with Crippen molar-refractivity contribution in [1.82, 2.24) is 19.8 Å². The van der Waals surface area contributed by atoms with Gasteiger partial charge in [-0.1, -0.05) is 6.92 Å². The fourth-order valence-corrected chi connectivity index (χ4v) is 5.99. The molecule has 0 aliphatic carbocycles. The molecule has 2 aromatic heterocycles. The van der Waals surface area contributed by atoms with Gasteiger partial charge in [0.25, 0.3) is 0 Å². The van der Waals surface area contributed by atoms with Crippen molar-refractivity contribution in [2.24, 2.45) is 0 Å². The van der Waals surface area contributed by atoms with Gasteiger partial charge in [0.05, 0.1) is 19.9 Å². The Morgan fingerprint density at radius 3 is 2.19 bits per heavy atom. The summed E-state index contributed by atoms with van der Waals surface area (Å²) in [7, 11) is 3.27. The van der Waals surface area contributed by atoms with Crippen LogP contribution >= 0.6 is 0 Å². The molecule has 0 saturated carbocycles. The van der Waals surface area contributed by atoms with Crippen molar-refractivity contribution in [2.75, 3.05) is 58.4 Å². The zero-order chi connectivity index (χ0) is 25.2. The highest BCUT2D eigenvalue weighted by atomic mass is 16.5. The van der Waals surface area contributed by atoms with Crippen LogP contribution in [0.25, 0.3) is 22.2 Å². The van der Waals surface area contributed by atoms with Gasteiger partial charge in [-0.2, -0.15) is 4.98 Å². The second kappa shape index (κ2) is 10.7. The molecule has 0 bridgehead atoms. The van der Waals surface area contributed by atoms with Crippen molar-refractivity contribution in [2.45, 2.75) is 52.1 Å². The maximum Gasteiger partial charge on any atom is 0.216 e. The molecule has 2 saturated heterocycles. The highest BCUT2D eigenvalue weighted by molar-refractivity contribution is 5.93. The lowest BCUT2D eigenvalue weighted by molar-refractivity contribution is 0.0883. The number of aromatic amines is 1. The van der Waals surface area contributed by atoms with E-state index in [-0.39, 0.29) is 0 Å². The van der Waals surface area contributed by atoms with Gasteiger partial charge in [0.1, 0.15) is 0 Å². The molecule has 36 heavy (non-hydrogen) atoms. The van der Waals surface area contributed by atoms with Gasteiger partial charge in [-0.3, -0.25) is 4.90 Å². The lowest BCUT2D eigenvalue weighted by Crippen LogP contribution is -2.53. The van der Waals surface area contributed by atoms with Crippen LogP contribution in [0.3, 0.4) is 0 Å². The first-order valence-electron chi connectivity index (χ1n) is 13.5. The van der Waals surface area contributed by atoms with Crippen molar-refractivity contribution in [3.05, 3.63) is 35.9 Å². The number of nitrogens with one attached hydrogen (secondary N) is 1. The monoisotopic (exact) mass is 491 g/mol. The summed E-state index contributed by atoms with van der Waals surface area (Å²) in [6.07, 6.45) is 3.55. The number of hydrogen-bond donors (Lipinski definition) is 1. The fourth-order valence-electron chi connectivity index (χ4n) is 5.99. The van der Waals surface area contributed by atoms with Gasteiger partial charge in [0, 0.05) is 72.5 Å². The van der Waals surface area contributed by atoms with Crippen molar-refractivity contribution < 1.29 is 9.47 Å². The van der Waals surface area contributed by atoms with Crippen LogP contribution in [-0.4, -0.2) is 85.3 Å². The number of fused-ring (bicyclic) bond motifs is 1. The first-order chi connectivity index (χ1) is 17.5. The highest BCUT2D eigenvalue weighted by Gasteiger charge is 2.28. The fraction of sp³-hybridized carbons (Fsp3) is 0.552. The van der Waals surface area contributed by atoms with Crippen molar-refractivity contribution in [3.63, 3.8) is 0 Å². The Morgan fingerprint density at radius 2 is 1.61 bits per heavy atom. The van der Waals surface area contributed by atoms with Gasteiger partial charge in [0.15, 0.2) is 0 Å². The molecular weight excluding hydrogens is 450 g/mol. The predicted molar refractivity (Wildman–Crippen MR) is 148 cm³/mol. The maximum atomic E-state index is 5.41. The third kappa shape index (κ3) is 4.91. The number of H-pyrrole nitrogens is 1. The molecule has 194 valence electrons. The number of methoxy groups -OCH3 is 2. The number of piperidine rings is 1. The largest absolute Gasteiger partial charge is 0.481 e. The highest BCUT2D eigenvalue weighted by Crippen LogP contribution is 2.36. The number of pyridine rings is 1. The van der Waals surface area contributed by atoms with Crippen LogP contribution in [0, 0.1) is 0 Å². The summed E-state index contributed by atoms with van der Waals surface area (Å²) in [5.74, 6) is 1.11. The van der Waals surface area contributed by atoms with E-state index >= 15 is 0 Å². The average molecular weight is 492 g/mol. The molecule has 1 aromatic carbocycles. The second-order valence-corrected chi connectivity index (χ2v) is 10.4. The lowest BCUT2D eigenvalue weighted by Gasteiger charge is -2.44. The number of ether oxygens (including phenoxy) is 2. The molecule has 2 fully saturated rings. The van der Waals surface area contributed by atoms with E-state index in [1.54, 1.807) is 14.2 Å². The molecule has 7 nitrogen and oxygen atoms in total. The number of aryl methyl sites for hydroxylation is 1. The zero-order valence-electron chi connectivity index (χ0n) is 22.5. The minimum absolute atomic E-state index is 0.554. The summed E-state index contributed by atoms with van der Waals surface area (Å²) in [4.78, 5) is 15.9. The number of rotatable bonds is 7. The van der Waals surface area contributed by atoms with Crippen LogP contribution in [0.4, 0.5) is 5.69 Å². The van der Waals surface area contributed by atoms with Crippen molar-refractivity contribution >= 4 is 16.6 Å². The van der Waals surface area contributed by atoms with E-state index in [9.17, 15) is 0 Å². The standard InChI is InChI=1S/C29H41N5O2/c1-6-24-25-19-23(34-15-13-33(14-16-34)22-9-11-32(12-10-22)20(2)3)7-8-26(25)30-29(24)21-17-27(35-4)31-28(18-21)36-5/h7-8,17-20,22,30H,6,9-16H2,1-5H3. The summed E-state index contributed by atoms with van der Waals surface area (Å²) in [5, 5.41) is 1.29. The van der Waals surface area contributed by atoms with Gasteiger partial charge in [-0.25, -0.2) is 0 Å². The van der Waals surface area contributed by atoms with Crippen LogP contribution in [0.1, 0.15) is 39.2 Å². The molecule has 5 rings (SSSR count). The maximum absolute atomic E-state index is 5.41. The quantitative estimate of drug-likeness (QED) is 0.512. The van der Waals surface area contributed by atoms with E-state index in [0.29, 0.717) is 17.8 Å². The molecule has 2 aliphatic rings. The molecule has 4 heterocycles. The number of aromatic nitrogens is 2. The summed E-state index contributed by atoms with van der Waals surface area (Å²) in [6, 6.07) is 12.2. The van der Waals surface area contributed by atoms with Crippen molar-refractivity contribution in [3.8, 4) is 23.0 Å². The lowest BCUT2D eigenvalue weighted by atomic mass is 10.0. The number of hydrogen-bond acceptors (Lipinski definition) is 6. The molecular formula is C29H41N5O2. The van der Waals surface area contributed by atoms with E-state index in [1.165, 1.54) is 42.6 Å².